The van der Waals surface area contributed by atoms with E-state index < -0.39 is 12.7 Å². The van der Waals surface area contributed by atoms with Crippen LogP contribution >= 0.6 is 0 Å². The highest BCUT2D eigenvalue weighted by molar-refractivity contribution is 5.60. The maximum absolute atomic E-state index is 12.8. The first-order valence-electron chi connectivity index (χ1n) is 6.53. The smallest absolute Gasteiger partial charge is 0.328 e. The van der Waals surface area contributed by atoms with Crippen molar-refractivity contribution in [3.8, 4) is 22.8 Å². The third kappa shape index (κ3) is 3.44. The molecule has 1 N–H and O–H groups in total. The molecule has 3 rings (SSSR count). The molecule has 0 saturated carbocycles. The van der Waals surface area contributed by atoms with Crippen LogP contribution in [0, 0.1) is 0 Å². The molecular formula is C14H10F3N5O. The molecule has 0 radical (unpaired) electrons. The van der Waals surface area contributed by atoms with Gasteiger partial charge in [0, 0.05) is 35.8 Å². The number of halogens is 3. The predicted octanol–water partition coefficient (Wildman–Crippen LogP) is 2.26. The average Bonchev–Trinajstić information content (AvgIpc) is 2.91. The van der Waals surface area contributed by atoms with E-state index in [9.17, 15) is 18.0 Å². The lowest BCUT2D eigenvalue weighted by atomic mass is 10.2. The maximum atomic E-state index is 12.8. The number of aromatic nitrogens is 5. The van der Waals surface area contributed by atoms with Gasteiger partial charge in [-0.3, -0.25) is 9.78 Å². The quantitative estimate of drug-likeness (QED) is 0.803. The number of hydrogen-bond donors (Lipinski definition) is 1. The van der Waals surface area contributed by atoms with Crippen molar-refractivity contribution in [3.63, 3.8) is 0 Å². The Balaban J connectivity index is 2.10. The number of pyridine rings is 2. The summed E-state index contributed by atoms with van der Waals surface area (Å²) < 4.78 is 39.0. The summed E-state index contributed by atoms with van der Waals surface area (Å²) in [6.07, 6.45) is -0.147. The molecule has 0 saturated heterocycles. The lowest BCUT2D eigenvalue weighted by molar-refractivity contribution is -0.142. The summed E-state index contributed by atoms with van der Waals surface area (Å²) in [4.78, 5) is 21.6. The standard InChI is InChI=1S/C14H10F3N5O/c15-14(16,17)8-22-13(10-3-4-11(23)19-7-10)20-12(21-22)9-2-1-5-18-6-9/h1-7H,8H2,(H,19,23). The monoisotopic (exact) mass is 321 g/mol. The fourth-order valence-corrected chi connectivity index (χ4v) is 2.00. The van der Waals surface area contributed by atoms with Gasteiger partial charge in [-0.05, 0) is 18.2 Å². The Morgan fingerprint density at radius 3 is 2.61 bits per heavy atom. The highest BCUT2D eigenvalue weighted by Gasteiger charge is 2.30. The molecule has 0 fully saturated rings. The maximum Gasteiger partial charge on any atom is 0.408 e. The zero-order valence-electron chi connectivity index (χ0n) is 11.6. The molecule has 0 spiro atoms. The van der Waals surface area contributed by atoms with E-state index in [-0.39, 0.29) is 17.2 Å². The molecule has 0 aromatic carbocycles. The molecule has 23 heavy (non-hydrogen) atoms. The minimum Gasteiger partial charge on any atom is -0.328 e. The van der Waals surface area contributed by atoms with Gasteiger partial charge >= 0.3 is 6.18 Å². The predicted molar refractivity (Wildman–Crippen MR) is 75.4 cm³/mol. The van der Waals surface area contributed by atoms with E-state index in [0.717, 1.165) is 4.68 Å². The van der Waals surface area contributed by atoms with E-state index in [1.807, 2.05) is 0 Å². The van der Waals surface area contributed by atoms with Crippen molar-refractivity contribution in [2.75, 3.05) is 0 Å². The van der Waals surface area contributed by atoms with E-state index in [1.54, 1.807) is 18.3 Å². The molecular weight excluding hydrogens is 311 g/mol. The number of nitrogens with one attached hydrogen (secondary N) is 1. The summed E-state index contributed by atoms with van der Waals surface area (Å²) in [5.74, 6) is 0.140. The number of H-pyrrole nitrogens is 1. The molecule has 3 heterocycles. The first-order valence-corrected chi connectivity index (χ1v) is 6.53. The van der Waals surface area contributed by atoms with Gasteiger partial charge in [-0.25, -0.2) is 9.67 Å². The molecule has 3 aromatic rings. The molecule has 0 bridgehead atoms. The van der Waals surface area contributed by atoms with Crippen molar-refractivity contribution in [3.05, 3.63) is 53.2 Å². The molecule has 0 aliphatic carbocycles. The Labute approximate surface area is 127 Å². The summed E-state index contributed by atoms with van der Waals surface area (Å²) in [6, 6.07) is 5.89. The van der Waals surface area contributed by atoms with Crippen molar-refractivity contribution in [2.45, 2.75) is 12.7 Å². The second-order valence-electron chi connectivity index (χ2n) is 4.72. The van der Waals surface area contributed by atoms with Crippen LogP contribution in [0.4, 0.5) is 13.2 Å². The summed E-state index contributed by atoms with van der Waals surface area (Å²) in [7, 11) is 0. The molecule has 0 aliphatic rings. The van der Waals surface area contributed by atoms with Crippen LogP contribution in [0.1, 0.15) is 0 Å². The number of rotatable bonds is 3. The molecule has 0 unspecified atom stereocenters. The second kappa shape index (κ2) is 5.67. The lowest BCUT2D eigenvalue weighted by Crippen LogP contribution is -2.19. The Kier molecular flexibility index (Phi) is 3.68. The number of hydrogen-bond acceptors (Lipinski definition) is 4. The third-order valence-electron chi connectivity index (χ3n) is 2.96. The number of nitrogens with zero attached hydrogens (tertiary/aromatic N) is 4. The van der Waals surface area contributed by atoms with Gasteiger partial charge in [0.25, 0.3) is 0 Å². The zero-order valence-corrected chi connectivity index (χ0v) is 11.6. The van der Waals surface area contributed by atoms with Gasteiger partial charge in [-0.15, -0.1) is 0 Å². The highest BCUT2D eigenvalue weighted by atomic mass is 19.4. The summed E-state index contributed by atoms with van der Waals surface area (Å²) >= 11 is 0. The molecule has 118 valence electrons. The van der Waals surface area contributed by atoms with E-state index in [4.69, 9.17) is 0 Å². The Morgan fingerprint density at radius 2 is 2.00 bits per heavy atom. The fraction of sp³-hybridized carbons (Fsp3) is 0.143. The van der Waals surface area contributed by atoms with Crippen LogP contribution < -0.4 is 5.56 Å². The van der Waals surface area contributed by atoms with E-state index in [2.05, 4.69) is 20.1 Å². The number of aromatic amines is 1. The van der Waals surface area contributed by atoms with Crippen LogP contribution in [0.25, 0.3) is 22.8 Å². The minimum atomic E-state index is -4.45. The van der Waals surface area contributed by atoms with Crippen LogP contribution in [0.15, 0.2) is 47.7 Å². The molecule has 3 aromatic heterocycles. The molecule has 0 atom stereocenters. The largest absolute Gasteiger partial charge is 0.408 e. The van der Waals surface area contributed by atoms with Gasteiger partial charge in [0.2, 0.25) is 5.56 Å². The Bertz CT molecular complexity index is 850. The first-order chi connectivity index (χ1) is 10.9. The summed E-state index contributed by atoms with van der Waals surface area (Å²) in [5, 5.41) is 3.92. The fourth-order valence-electron chi connectivity index (χ4n) is 2.00. The van der Waals surface area contributed by atoms with Gasteiger partial charge in [0.1, 0.15) is 6.54 Å². The van der Waals surface area contributed by atoms with Crippen LogP contribution in [-0.4, -0.2) is 30.9 Å². The van der Waals surface area contributed by atoms with Crippen molar-refractivity contribution >= 4 is 0 Å². The first kappa shape index (κ1) is 14.9. The summed E-state index contributed by atoms with van der Waals surface area (Å²) in [5.41, 5.74) is 0.471. The summed E-state index contributed by atoms with van der Waals surface area (Å²) in [6.45, 7) is -1.28. The Morgan fingerprint density at radius 1 is 1.17 bits per heavy atom. The van der Waals surface area contributed by atoms with Crippen molar-refractivity contribution in [1.82, 2.24) is 24.7 Å². The van der Waals surface area contributed by atoms with Crippen LogP contribution in [0.3, 0.4) is 0 Å². The van der Waals surface area contributed by atoms with Crippen LogP contribution in [-0.2, 0) is 6.54 Å². The Hall–Kier alpha value is -2.97. The van der Waals surface area contributed by atoms with Gasteiger partial charge < -0.3 is 4.98 Å². The second-order valence-corrected chi connectivity index (χ2v) is 4.72. The topological polar surface area (TPSA) is 76.5 Å². The van der Waals surface area contributed by atoms with Crippen LogP contribution in [0.2, 0.25) is 0 Å². The van der Waals surface area contributed by atoms with E-state index >= 15 is 0 Å². The highest BCUT2D eigenvalue weighted by Crippen LogP contribution is 2.25. The van der Waals surface area contributed by atoms with E-state index in [1.165, 1.54) is 24.5 Å². The van der Waals surface area contributed by atoms with Crippen LogP contribution in [0.5, 0.6) is 0 Å². The van der Waals surface area contributed by atoms with Gasteiger partial charge in [-0.1, -0.05) is 0 Å². The SMILES string of the molecule is O=c1ccc(-c2nc(-c3cccnc3)nn2CC(F)(F)F)c[nH]1. The normalized spacial score (nSPS) is 11.6. The zero-order chi connectivity index (χ0) is 16.4. The van der Waals surface area contributed by atoms with E-state index in [0.29, 0.717) is 11.1 Å². The van der Waals surface area contributed by atoms with Crippen molar-refractivity contribution < 1.29 is 13.2 Å². The molecule has 9 heteroatoms. The van der Waals surface area contributed by atoms with Crippen molar-refractivity contribution in [2.24, 2.45) is 0 Å². The van der Waals surface area contributed by atoms with Crippen molar-refractivity contribution in [1.29, 1.82) is 0 Å². The third-order valence-corrected chi connectivity index (χ3v) is 2.96. The minimum absolute atomic E-state index is 0.0115. The van der Waals surface area contributed by atoms with Gasteiger partial charge in [-0.2, -0.15) is 18.3 Å². The lowest BCUT2D eigenvalue weighted by Gasteiger charge is -2.08. The molecule has 0 aliphatic heterocycles. The molecule has 0 amide bonds. The van der Waals surface area contributed by atoms with Gasteiger partial charge in [0.15, 0.2) is 11.6 Å². The number of alkyl halides is 3. The average molecular weight is 321 g/mol. The van der Waals surface area contributed by atoms with Gasteiger partial charge in [0.05, 0.1) is 0 Å². The molecule has 6 nitrogen and oxygen atoms in total.